The van der Waals surface area contributed by atoms with Crippen LogP contribution in [-0.2, 0) is 38.5 Å². The topological polar surface area (TPSA) is 125 Å². The third kappa shape index (κ3) is 8.11. The first kappa shape index (κ1) is 25.0. The highest BCUT2D eigenvalue weighted by molar-refractivity contribution is 5.87. The van der Waals surface area contributed by atoms with Gasteiger partial charge < -0.3 is 21.0 Å². The summed E-state index contributed by atoms with van der Waals surface area (Å²) in [6, 6.07) is 11.1. The average molecular weight is 442 g/mol. The fourth-order valence-electron chi connectivity index (χ4n) is 3.52. The number of nitrogens with two attached hydrogens (primary N) is 1. The van der Waals surface area contributed by atoms with Crippen molar-refractivity contribution >= 4 is 18.2 Å². The van der Waals surface area contributed by atoms with Gasteiger partial charge in [0.25, 0.3) is 6.47 Å². The summed E-state index contributed by atoms with van der Waals surface area (Å²) in [7, 11) is 0. The zero-order valence-corrected chi connectivity index (χ0v) is 18.4. The van der Waals surface area contributed by atoms with Crippen LogP contribution < -0.4 is 15.8 Å². The van der Waals surface area contributed by atoms with E-state index in [1.807, 2.05) is 25.1 Å². The minimum Gasteiger partial charge on any atom is -0.619 e. The lowest BCUT2D eigenvalue weighted by Gasteiger charge is -2.16. The molecule has 0 aliphatic rings. The average Bonchev–Trinajstić information content (AvgIpc) is 2.79. The molecular formula is C24H31N3O5. The molecule has 1 unspecified atom stereocenters. The molecular weight excluding hydrogens is 410 g/mol. The molecule has 1 atom stereocenters. The smallest absolute Gasteiger partial charge is 0.293 e. The highest BCUT2D eigenvalue weighted by Crippen LogP contribution is 2.15. The Morgan fingerprint density at radius 1 is 1.19 bits per heavy atom. The van der Waals surface area contributed by atoms with Gasteiger partial charge in [0.2, 0.25) is 5.91 Å². The van der Waals surface area contributed by atoms with Crippen molar-refractivity contribution in [2.24, 2.45) is 11.7 Å². The van der Waals surface area contributed by atoms with Crippen molar-refractivity contribution in [1.29, 1.82) is 0 Å². The highest BCUT2D eigenvalue weighted by Gasteiger charge is 2.21. The summed E-state index contributed by atoms with van der Waals surface area (Å²) >= 11 is 0. The molecule has 0 fully saturated rings. The Bertz CT molecular complexity index is 916. The molecule has 8 nitrogen and oxygen atoms in total. The summed E-state index contributed by atoms with van der Waals surface area (Å²) in [6.45, 7) is 2.76. The first-order valence-corrected chi connectivity index (χ1v) is 10.7. The lowest BCUT2D eigenvalue weighted by molar-refractivity contribution is -0.614. The van der Waals surface area contributed by atoms with Gasteiger partial charge >= 0.3 is 0 Å². The Balaban J connectivity index is 1.87. The predicted octanol–water partition coefficient (Wildman–Crippen LogP) is 1.52. The largest absolute Gasteiger partial charge is 0.619 e. The van der Waals surface area contributed by atoms with E-state index in [1.165, 1.54) is 6.20 Å². The Morgan fingerprint density at radius 2 is 2.00 bits per heavy atom. The van der Waals surface area contributed by atoms with Gasteiger partial charge in [-0.15, -0.1) is 0 Å². The van der Waals surface area contributed by atoms with E-state index in [0.29, 0.717) is 50.8 Å². The molecule has 1 amide bonds. The predicted molar refractivity (Wildman–Crippen MR) is 119 cm³/mol. The van der Waals surface area contributed by atoms with E-state index in [1.54, 1.807) is 18.2 Å². The van der Waals surface area contributed by atoms with Crippen LogP contribution in [0.3, 0.4) is 0 Å². The van der Waals surface area contributed by atoms with Crippen LogP contribution in [0.1, 0.15) is 41.6 Å². The number of aromatic nitrogens is 1. The Kier molecular flexibility index (Phi) is 10.3. The molecule has 2 rings (SSSR count). The lowest BCUT2D eigenvalue weighted by atomic mass is 9.97. The molecule has 0 spiro atoms. The van der Waals surface area contributed by atoms with Gasteiger partial charge in [0, 0.05) is 37.4 Å². The number of hydrogen-bond donors (Lipinski definition) is 2. The highest BCUT2D eigenvalue weighted by atomic mass is 16.5. The summed E-state index contributed by atoms with van der Waals surface area (Å²) in [5, 5.41) is 14.5. The van der Waals surface area contributed by atoms with Gasteiger partial charge in [0.15, 0.2) is 17.7 Å². The van der Waals surface area contributed by atoms with Gasteiger partial charge in [-0.05, 0) is 37.3 Å². The summed E-state index contributed by atoms with van der Waals surface area (Å²) < 4.78 is 5.50. The maximum Gasteiger partial charge on any atom is 0.293 e. The minimum absolute atomic E-state index is 0.0689. The van der Waals surface area contributed by atoms with E-state index in [4.69, 9.17) is 10.5 Å². The molecule has 0 bridgehead atoms. The fourth-order valence-corrected chi connectivity index (χ4v) is 3.52. The monoisotopic (exact) mass is 441 g/mol. The van der Waals surface area contributed by atoms with E-state index < -0.39 is 5.92 Å². The van der Waals surface area contributed by atoms with Crippen LogP contribution in [0, 0.1) is 18.0 Å². The molecule has 2 aromatic rings. The third-order valence-electron chi connectivity index (χ3n) is 5.39. The van der Waals surface area contributed by atoms with Crippen LogP contribution in [0.4, 0.5) is 0 Å². The molecule has 172 valence electrons. The first-order valence-electron chi connectivity index (χ1n) is 10.7. The maximum absolute atomic E-state index is 12.7. The van der Waals surface area contributed by atoms with E-state index in [2.05, 4.69) is 5.32 Å². The van der Waals surface area contributed by atoms with Gasteiger partial charge in [-0.3, -0.25) is 14.4 Å². The Labute approximate surface area is 188 Å². The van der Waals surface area contributed by atoms with E-state index >= 15 is 0 Å². The summed E-state index contributed by atoms with van der Waals surface area (Å²) in [4.78, 5) is 35.4. The fraction of sp³-hybridized carbons (Fsp3) is 0.417. The van der Waals surface area contributed by atoms with E-state index in [9.17, 15) is 19.6 Å². The lowest BCUT2D eigenvalue weighted by Crippen LogP contribution is -2.36. The molecule has 1 aromatic carbocycles. The van der Waals surface area contributed by atoms with Gasteiger partial charge in [-0.2, -0.15) is 4.73 Å². The first-order chi connectivity index (χ1) is 15.4. The van der Waals surface area contributed by atoms with E-state index in [0.717, 1.165) is 21.4 Å². The number of amides is 1. The van der Waals surface area contributed by atoms with Gasteiger partial charge in [0.05, 0.1) is 13.2 Å². The number of pyridine rings is 1. The number of ketones is 1. The van der Waals surface area contributed by atoms with Crippen molar-refractivity contribution in [2.75, 3.05) is 13.2 Å². The van der Waals surface area contributed by atoms with Crippen molar-refractivity contribution in [1.82, 2.24) is 5.32 Å². The van der Waals surface area contributed by atoms with Crippen molar-refractivity contribution in [3.8, 4) is 0 Å². The molecule has 8 heteroatoms. The van der Waals surface area contributed by atoms with Crippen LogP contribution in [-0.4, -0.2) is 31.3 Å². The molecule has 0 saturated carbocycles. The zero-order valence-electron chi connectivity index (χ0n) is 18.4. The quantitative estimate of drug-likeness (QED) is 0.198. The number of nitrogens with one attached hydrogen (secondary N) is 1. The van der Waals surface area contributed by atoms with Crippen LogP contribution in [0.25, 0.3) is 0 Å². The van der Waals surface area contributed by atoms with Gasteiger partial charge in [0.1, 0.15) is 0 Å². The number of aryl methyl sites for hydroxylation is 3. The van der Waals surface area contributed by atoms with Crippen LogP contribution in [0.5, 0.6) is 0 Å². The summed E-state index contributed by atoms with van der Waals surface area (Å²) in [5.74, 6) is -0.853. The van der Waals surface area contributed by atoms with E-state index in [-0.39, 0.29) is 24.8 Å². The maximum atomic E-state index is 12.7. The van der Waals surface area contributed by atoms with Gasteiger partial charge in [-0.1, -0.05) is 29.8 Å². The second-order valence-corrected chi connectivity index (χ2v) is 7.74. The SMILES string of the molecule is Cc1ccc(CN)c(CCC(=O)CNC(=O)C(CCOC=O)CCc2cccc[n+]2[O-])c1. The summed E-state index contributed by atoms with van der Waals surface area (Å²) in [6.07, 6.45) is 3.38. The number of Topliss-reactive ketones (excluding diaryl/α,β-unsaturated/α-hetero) is 1. The van der Waals surface area contributed by atoms with Crippen molar-refractivity contribution in [3.63, 3.8) is 0 Å². The normalized spacial score (nSPS) is 11.6. The second kappa shape index (κ2) is 13.2. The number of benzene rings is 1. The number of carbonyl (C=O) groups excluding carboxylic acids is 3. The van der Waals surface area contributed by atoms with Crippen LogP contribution in [0.2, 0.25) is 0 Å². The van der Waals surface area contributed by atoms with Gasteiger partial charge in [-0.25, -0.2) is 0 Å². The molecule has 0 aliphatic carbocycles. The van der Waals surface area contributed by atoms with Crippen LogP contribution >= 0.6 is 0 Å². The molecule has 0 aliphatic heterocycles. The number of ether oxygens (including phenoxy) is 1. The van der Waals surface area contributed by atoms with Crippen molar-refractivity contribution in [2.45, 2.75) is 45.6 Å². The summed E-state index contributed by atoms with van der Waals surface area (Å²) in [5.41, 5.74) is 9.49. The number of hydrogen-bond acceptors (Lipinski definition) is 6. The van der Waals surface area contributed by atoms with Crippen molar-refractivity contribution in [3.05, 3.63) is 70.2 Å². The molecule has 32 heavy (non-hydrogen) atoms. The molecule has 0 radical (unpaired) electrons. The molecule has 1 aromatic heterocycles. The molecule has 0 saturated heterocycles. The standard InChI is InChI=1S/C24H31N3O5/c1-18-5-6-21(15-25)20(14-18)8-10-23(29)16-26-24(30)19(11-13-32-17-28)7-9-22-4-2-3-12-27(22)31/h2-6,12,14,17,19H,7-11,13,15-16,25H2,1H3,(H,26,30). The molecule has 1 heterocycles. The molecule has 3 N–H and O–H groups in total. The number of rotatable bonds is 14. The second-order valence-electron chi connectivity index (χ2n) is 7.74. The van der Waals surface area contributed by atoms with Crippen LogP contribution in [0.15, 0.2) is 42.6 Å². The third-order valence-corrected chi connectivity index (χ3v) is 5.39. The Morgan fingerprint density at radius 3 is 2.72 bits per heavy atom. The number of carbonyl (C=O) groups is 3. The van der Waals surface area contributed by atoms with Crippen molar-refractivity contribution < 1.29 is 23.9 Å². The Hall–Kier alpha value is -3.26. The number of nitrogens with zero attached hydrogens (tertiary/aromatic N) is 1. The minimum atomic E-state index is -0.483. The zero-order chi connectivity index (χ0) is 23.3.